The average Bonchev–Trinajstić information content (AvgIpc) is 3.15. The van der Waals surface area contributed by atoms with Crippen LogP contribution in [-0.4, -0.2) is 52.5 Å². The largest absolute Gasteiger partial charge is 0.482 e. The molecule has 2 aromatic rings. The molecular formula is C29H36FN3O6. The number of aryl methyl sites for hydroxylation is 1. The van der Waals surface area contributed by atoms with Crippen LogP contribution in [0.3, 0.4) is 0 Å². The minimum absolute atomic E-state index is 0.0237. The molecule has 1 aromatic heterocycles. The number of hydrogen-bond donors (Lipinski definition) is 2. The molecule has 210 valence electrons. The SMILES string of the molecule is COc1nc2c(c(CCC=O)c1OC(C)(C)C)C(C(=O)Nc1cc(F)c3c(c1)CCC3(C)C)N(C(=O)O)CC2. The van der Waals surface area contributed by atoms with Crippen molar-refractivity contribution in [3.63, 3.8) is 0 Å². The van der Waals surface area contributed by atoms with Crippen molar-refractivity contribution in [2.45, 2.75) is 83.8 Å². The van der Waals surface area contributed by atoms with E-state index in [0.717, 1.165) is 23.2 Å². The van der Waals surface area contributed by atoms with Gasteiger partial charge in [0.05, 0.1) is 12.8 Å². The van der Waals surface area contributed by atoms with Crippen LogP contribution in [0.2, 0.25) is 0 Å². The van der Waals surface area contributed by atoms with Crippen molar-refractivity contribution in [1.29, 1.82) is 0 Å². The quantitative estimate of drug-likeness (QED) is 0.475. The molecule has 0 saturated heterocycles. The monoisotopic (exact) mass is 541 g/mol. The van der Waals surface area contributed by atoms with Gasteiger partial charge in [0.1, 0.15) is 23.7 Å². The Morgan fingerprint density at radius 1 is 1.28 bits per heavy atom. The summed E-state index contributed by atoms with van der Waals surface area (Å²) in [5.41, 5.74) is 2.11. The Hall–Kier alpha value is -3.69. The summed E-state index contributed by atoms with van der Waals surface area (Å²) >= 11 is 0. The van der Waals surface area contributed by atoms with Gasteiger partial charge in [-0.3, -0.25) is 9.69 Å². The van der Waals surface area contributed by atoms with E-state index in [1.807, 2.05) is 34.6 Å². The van der Waals surface area contributed by atoms with E-state index in [-0.39, 0.29) is 48.5 Å². The highest BCUT2D eigenvalue weighted by molar-refractivity contribution is 5.98. The number of amides is 2. The summed E-state index contributed by atoms with van der Waals surface area (Å²) < 4.78 is 26.9. The molecule has 0 spiro atoms. The number of nitrogens with zero attached hydrogens (tertiary/aromatic N) is 2. The highest BCUT2D eigenvalue weighted by Gasteiger charge is 2.41. The molecule has 0 fully saturated rings. The molecule has 39 heavy (non-hydrogen) atoms. The summed E-state index contributed by atoms with van der Waals surface area (Å²) in [6.07, 6.45) is 1.50. The smallest absolute Gasteiger partial charge is 0.408 e. The zero-order chi connectivity index (χ0) is 28.7. The number of anilines is 1. The van der Waals surface area contributed by atoms with Crippen molar-refractivity contribution < 1.29 is 33.4 Å². The van der Waals surface area contributed by atoms with Crippen molar-refractivity contribution in [1.82, 2.24) is 9.88 Å². The van der Waals surface area contributed by atoms with E-state index in [2.05, 4.69) is 10.3 Å². The summed E-state index contributed by atoms with van der Waals surface area (Å²) in [6.45, 7) is 9.52. The third kappa shape index (κ3) is 5.55. The third-order valence-corrected chi connectivity index (χ3v) is 7.26. The van der Waals surface area contributed by atoms with Crippen LogP contribution in [0.5, 0.6) is 11.6 Å². The highest BCUT2D eigenvalue weighted by atomic mass is 19.1. The van der Waals surface area contributed by atoms with Crippen molar-refractivity contribution in [3.8, 4) is 11.6 Å². The van der Waals surface area contributed by atoms with Crippen molar-refractivity contribution in [2.75, 3.05) is 19.0 Å². The summed E-state index contributed by atoms with van der Waals surface area (Å²) in [6, 6.07) is 1.75. The lowest BCUT2D eigenvalue weighted by atomic mass is 9.86. The van der Waals surface area contributed by atoms with E-state index in [1.54, 1.807) is 6.07 Å². The van der Waals surface area contributed by atoms with Crippen molar-refractivity contribution >= 4 is 24.0 Å². The average molecular weight is 542 g/mol. The summed E-state index contributed by atoms with van der Waals surface area (Å²) in [4.78, 5) is 43.2. The van der Waals surface area contributed by atoms with E-state index >= 15 is 4.39 Å². The summed E-state index contributed by atoms with van der Waals surface area (Å²) in [5, 5.41) is 12.8. The van der Waals surface area contributed by atoms with Gasteiger partial charge >= 0.3 is 6.09 Å². The van der Waals surface area contributed by atoms with Gasteiger partial charge in [-0.05, 0) is 68.7 Å². The molecule has 0 saturated carbocycles. The Morgan fingerprint density at radius 2 is 2.00 bits per heavy atom. The van der Waals surface area contributed by atoms with Crippen LogP contribution in [0.15, 0.2) is 12.1 Å². The van der Waals surface area contributed by atoms with Crippen LogP contribution < -0.4 is 14.8 Å². The van der Waals surface area contributed by atoms with Gasteiger partial charge < -0.3 is 24.7 Å². The van der Waals surface area contributed by atoms with Crippen LogP contribution in [0.25, 0.3) is 0 Å². The van der Waals surface area contributed by atoms with Gasteiger partial charge in [0, 0.05) is 36.2 Å². The second kappa shape index (κ2) is 10.5. The Kier molecular flexibility index (Phi) is 7.60. The van der Waals surface area contributed by atoms with E-state index < -0.39 is 29.5 Å². The van der Waals surface area contributed by atoms with Gasteiger partial charge in [0.25, 0.3) is 11.8 Å². The number of carbonyl (C=O) groups is 3. The maximum atomic E-state index is 15.2. The fourth-order valence-corrected chi connectivity index (χ4v) is 5.64. The highest BCUT2D eigenvalue weighted by Crippen LogP contribution is 2.44. The molecule has 1 aromatic carbocycles. The zero-order valence-corrected chi connectivity index (χ0v) is 23.3. The van der Waals surface area contributed by atoms with E-state index in [0.29, 0.717) is 28.8 Å². The van der Waals surface area contributed by atoms with E-state index in [4.69, 9.17) is 9.47 Å². The van der Waals surface area contributed by atoms with E-state index in [9.17, 15) is 19.5 Å². The number of aromatic nitrogens is 1. The number of rotatable bonds is 7. The second-order valence-electron chi connectivity index (χ2n) is 11.7. The topological polar surface area (TPSA) is 118 Å². The number of fused-ring (bicyclic) bond motifs is 2. The minimum atomic E-state index is -1.29. The van der Waals surface area contributed by atoms with Crippen LogP contribution in [0.1, 0.15) is 81.4 Å². The van der Waals surface area contributed by atoms with Crippen molar-refractivity contribution in [2.24, 2.45) is 0 Å². The first-order valence-electron chi connectivity index (χ1n) is 13.1. The molecule has 2 heterocycles. The Labute approximate surface area is 227 Å². The number of halogens is 1. The van der Waals surface area contributed by atoms with Crippen LogP contribution in [0, 0.1) is 5.82 Å². The summed E-state index contributed by atoms with van der Waals surface area (Å²) in [5.74, 6) is -0.573. The second-order valence-corrected chi connectivity index (χ2v) is 11.7. The Morgan fingerprint density at radius 3 is 2.62 bits per heavy atom. The number of carboxylic acid groups (broad SMARTS) is 1. The van der Waals surface area contributed by atoms with Gasteiger partial charge in [-0.25, -0.2) is 14.2 Å². The molecule has 10 heteroatoms. The fraction of sp³-hybridized carbons (Fsp3) is 0.517. The molecule has 1 aliphatic carbocycles. The number of pyridine rings is 1. The Balaban J connectivity index is 1.84. The van der Waals surface area contributed by atoms with Crippen molar-refractivity contribution in [3.05, 3.63) is 45.9 Å². The number of methoxy groups -OCH3 is 1. The normalized spacial score (nSPS) is 17.7. The lowest BCUT2D eigenvalue weighted by Gasteiger charge is -2.36. The third-order valence-electron chi connectivity index (χ3n) is 7.26. The predicted molar refractivity (Wildman–Crippen MR) is 143 cm³/mol. The number of carbonyl (C=O) groups excluding carboxylic acids is 2. The molecule has 1 unspecified atom stereocenters. The fourth-order valence-electron chi connectivity index (χ4n) is 5.64. The maximum Gasteiger partial charge on any atom is 0.408 e. The molecule has 2 amide bonds. The Bertz CT molecular complexity index is 1320. The predicted octanol–water partition coefficient (Wildman–Crippen LogP) is 4.98. The lowest BCUT2D eigenvalue weighted by molar-refractivity contribution is -0.121. The molecular weight excluding hydrogens is 505 g/mol. The van der Waals surface area contributed by atoms with E-state index in [1.165, 1.54) is 13.2 Å². The van der Waals surface area contributed by atoms with Gasteiger partial charge in [0.15, 0.2) is 5.75 Å². The minimum Gasteiger partial charge on any atom is -0.482 e. The maximum absolute atomic E-state index is 15.2. The molecule has 1 aliphatic heterocycles. The van der Waals surface area contributed by atoms with Crippen LogP contribution >= 0.6 is 0 Å². The first-order valence-corrected chi connectivity index (χ1v) is 13.1. The molecule has 0 radical (unpaired) electrons. The number of ether oxygens (including phenoxy) is 2. The van der Waals surface area contributed by atoms with Gasteiger partial charge in [-0.2, -0.15) is 0 Å². The molecule has 2 aliphatic rings. The number of benzene rings is 1. The molecule has 2 N–H and O–H groups in total. The standard InChI is InChI=1S/C29H36FN3O6/c1-28(2,3)39-24-18(8-7-13-34)21-20(32-26(24)38-6)10-12-33(27(36)37)23(21)25(35)31-17-14-16-9-11-29(4,5)22(16)19(30)15-17/h13-15,23H,7-12H2,1-6H3,(H,31,35)(H,36,37). The number of hydrogen-bond acceptors (Lipinski definition) is 6. The van der Waals surface area contributed by atoms with Gasteiger partial charge in [-0.1, -0.05) is 13.8 Å². The number of aldehydes is 1. The first kappa shape index (κ1) is 28.3. The molecule has 9 nitrogen and oxygen atoms in total. The first-order chi connectivity index (χ1) is 18.3. The lowest BCUT2D eigenvalue weighted by Crippen LogP contribution is -2.45. The zero-order valence-electron chi connectivity index (χ0n) is 23.3. The number of nitrogens with one attached hydrogen (secondary N) is 1. The van der Waals surface area contributed by atoms with Gasteiger partial charge in [0.2, 0.25) is 0 Å². The van der Waals surface area contributed by atoms with Crippen LogP contribution in [0.4, 0.5) is 14.9 Å². The van der Waals surface area contributed by atoms with Crippen LogP contribution in [-0.2, 0) is 34.3 Å². The molecule has 4 rings (SSSR count). The molecule has 1 atom stereocenters. The molecule has 0 bridgehead atoms. The summed E-state index contributed by atoms with van der Waals surface area (Å²) in [7, 11) is 1.45. The van der Waals surface area contributed by atoms with Gasteiger partial charge in [-0.15, -0.1) is 0 Å².